The van der Waals surface area contributed by atoms with Crippen LogP contribution in [0.1, 0.15) is 12.0 Å². The molecule has 0 unspecified atom stereocenters. The van der Waals surface area contributed by atoms with Crippen molar-refractivity contribution in [1.29, 1.82) is 0 Å². The maximum Gasteiger partial charge on any atom is 0.303 e. The molecule has 5 nitrogen and oxygen atoms in total. The number of aromatic amines is 1. The van der Waals surface area contributed by atoms with E-state index in [9.17, 15) is 4.79 Å². The number of aryl methyl sites for hydroxylation is 1. The van der Waals surface area contributed by atoms with Crippen LogP contribution in [0.3, 0.4) is 0 Å². The van der Waals surface area contributed by atoms with Crippen molar-refractivity contribution in [3.05, 3.63) is 48.0 Å². The molecule has 0 aliphatic rings. The zero-order chi connectivity index (χ0) is 17.1. The Morgan fingerprint density at radius 2 is 1.92 bits per heavy atom. The van der Waals surface area contributed by atoms with Gasteiger partial charge >= 0.3 is 5.97 Å². The van der Waals surface area contributed by atoms with Gasteiger partial charge in [-0.15, -0.1) is 0 Å². The number of carbonyl (C=O) groups is 1. The van der Waals surface area contributed by atoms with Gasteiger partial charge in [0.15, 0.2) is 0 Å². The molecule has 1 aromatic heterocycles. The number of hydrogen-bond donors (Lipinski definition) is 2. The summed E-state index contributed by atoms with van der Waals surface area (Å²) in [6, 6.07) is 13.5. The number of nitrogens with one attached hydrogen (secondary N) is 1. The van der Waals surface area contributed by atoms with Crippen molar-refractivity contribution in [2.75, 3.05) is 14.2 Å². The molecule has 5 heteroatoms. The SMILES string of the molecule is COc1ccc(-c2[nH]c3ccccc3c2CCC(=O)O)c(OC)c1. The van der Waals surface area contributed by atoms with Crippen LogP contribution >= 0.6 is 0 Å². The topological polar surface area (TPSA) is 71.6 Å². The number of carboxylic acid groups (broad SMARTS) is 1. The quantitative estimate of drug-likeness (QED) is 0.722. The van der Waals surface area contributed by atoms with E-state index in [4.69, 9.17) is 14.6 Å². The number of aliphatic carboxylic acids is 1. The number of para-hydroxylation sites is 1. The van der Waals surface area contributed by atoms with Gasteiger partial charge in [-0.25, -0.2) is 0 Å². The standard InChI is InChI=1S/C19H19NO4/c1-23-12-7-8-15(17(11-12)24-2)19-14(9-10-18(21)22)13-5-3-4-6-16(13)20-19/h3-8,11,20H,9-10H2,1-2H3,(H,21,22). The fourth-order valence-corrected chi connectivity index (χ4v) is 2.93. The van der Waals surface area contributed by atoms with Gasteiger partial charge in [0.05, 0.1) is 19.9 Å². The summed E-state index contributed by atoms with van der Waals surface area (Å²) in [4.78, 5) is 14.4. The molecule has 24 heavy (non-hydrogen) atoms. The third-order valence-electron chi connectivity index (χ3n) is 4.08. The highest BCUT2D eigenvalue weighted by Gasteiger charge is 2.17. The first-order chi connectivity index (χ1) is 11.6. The molecule has 0 saturated carbocycles. The Morgan fingerprint density at radius 3 is 2.62 bits per heavy atom. The van der Waals surface area contributed by atoms with Gasteiger partial charge in [0.1, 0.15) is 11.5 Å². The molecule has 0 fully saturated rings. The second kappa shape index (κ2) is 6.66. The van der Waals surface area contributed by atoms with Crippen LogP contribution in [-0.2, 0) is 11.2 Å². The smallest absolute Gasteiger partial charge is 0.303 e. The lowest BCUT2D eigenvalue weighted by molar-refractivity contribution is -0.136. The Morgan fingerprint density at radius 1 is 1.12 bits per heavy atom. The highest BCUT2D eigenvalue weighted by molar-refractivity contribution is 5.92. The van der Waals surface area contributed by atoms with E-state index in [0.717, 1.165) is 27.7 Å². The van der Waals surface area contributed by atoms with Crippen LogP contribution in [0.25, 0.3) is 22.2 Å². The van der Waals surface area contributed by atoms with Gasteiger partial charge in [0.25, 0.3) is 0 Å². The summed E-state index contributed by atoms with van der Waals surface area (Å²) in [6.07, 6.45) is 0.525. The molecule has 0 radical (unpaired) electrons. The van der Waals surface area contributed by atoms with Crippen molar-refractivity contribution in [1.82, 2.24) is 4.98 Å². The number of H-pyrrole nitrogens is 1. The number of methoxy groups -OCH3 is 2. The predicted molar refractivity (Wildman–Crippen MR) is 92.8 cm³/mol. The number of hydrogen-bond acceptors (Lipinski definition) is 3. The molecule has 3 aromatic rings. The van der Waals surface area contributed by atoms with Crippen molar-refractivity contribution >= 4 is 16.9 Å². The number of benzene rings is 2. The van der Waals surface area contributed by atoms with Gasteiger partial charge in [-0.05, 0) is 30.2 Å². The highest BCUT2D eigenvalue weighted by atomic mass is 16.5. The average molecular weight is 325 g/mol. The molecule has 0 aliphatic heterocycles. The number of rotatable bonds is 6. The van der Waals surface area contributed by atoms with Gasteiger partial charge in [-0.3, -0.25) is 4.79 Å². The minimum atomic E-state index is -0.812. The summed E-state index contributed by atoms with van der Waals surface area (Å²) in [5.74, 6) is 0.573. The number of aromatic nitrogens is 1. The number of fused-ring (bicyclic) bond motifs is 1. The molecule has 3 rings (SSSR count). The molecule has 0 saturated heterocycles. The molecule has 0 spiro atoms. The largest absolute Gasteiger partial charge is 0.497 e. The molecule has 1 heterocycles. The Bertz CT molecular complexity index is 882. The molecule has 2 aromatic carbocycles. The lowest BCUT2D eigenvalue weighted by atomic mass is 10.0. The first-order valence-corrected chi connectivity index (χ1v) is 7.67. The monoisotopic (exact) mass is 325 g/mol. The lowest BCUT2D eigenvalue weighted by Gasteiger charge is -2.11. The molecule has 0 atom stereocenters. The van der Waals surface area contributed by atoms with E-state index in [1.54, 1.807) is 14.2 Å². The average Bonchev–Trinajstić information content (AvgIpc) is 2.97. The Kier molecular flexibility index (Phi) is 4.42. The summed E-state index contributed by atoms with van der Waals surface area (Å²) in [5.41, 5.74) is 3.73. The van der Waals surface area contributed by atoms with Crippen molar-refractivity contribution in [2.24, 2.45) is 0 Å². The van der Waals surface area contributed by atoms with Gasteiger partial charge in [0.2, 0.25) is 0 Å². The van der Waals surface area contributed by atoms with Crippen molar-refractivity contribution < 1.29 is 19.4 Å². The van der Waals surface area contributed by atoms with E-state index in [-0.39, 0.29) is 6.42 Å². The zero-order valence-electron chi connectivity index (χ0n) is 13.6. The third-order valence-corrected chi connectivity index (χ3v) is 4.08. The van der Waals surface area contributed by atoms with Gasteiger partial charge in [0, 0.05) is 29.0 Å². The van der Waals surface area contributed by atoms with E-state index >= 15 is 0 Å². The minimum absolute atomic E-state index is 0.0767. The highest BCUT2D eigenvalue weighted by Crippen LogP contribution is 2.38. The molecule has 124 valence electrons. The van der Waals surface area contributed by atoms with Gasteiger partial charge in [-0.1, -0.05) is 18.2 Å². The fraction of sp³-hybridized carbons (Fsp3) is 0.211. The van der Waals surface area contributed by atoms with Crippen molar-refractivity contribution in [3.63, 3.8) is 0 Å². The van der Waals surface area contributed by atoms with Crippen LogP contribution in [0.4, 0.5) is 0 Å². The predicted octanol–water partition coefficient (Wildman–Crippen LogP) is 3.87. The maximum atomic E-state index is 11.0. The van der Waals surface area contributed by atoms with Crippen LogP contribution in [0.2, 0.25) is 0 Å². The Hall–Kier alpha value is -2.95. The summed E-state index contributed by atoms with van der Waals surface area (Å²) in [5, 5.41) is 10.1. The number of carboxylic acids is 1. The molecular weight excluding hydrogens is 306 g/mol. The fourth-order valence-electron chi connectivity index (χ4n) is 2.93. The van der Waals surface area contributed by atoms with E-state index < -0.39 is 5.97 Å². The van der Waals surface area contributed by atoms with Crippen LogP contribution in [0.15, 0.2) is 42.5 Å². The molecule has 0 aliphatic carbocycles. The van der Waals surface area contributed by atoms with Crippen LogP contribution in [-0.4, -0.2) is 30.3 Å². The van der Waals surface area contributed by atoms with E-state index in [1.807, 2.05) is 42.5 Å². The summed E-state index contributed by atoms with van der Waals surface area (Å²) in [7, 11) is 3.22. The van der Waals surface area contributed by atoms with Crippen LogP contribution < -0.4 is 9.47 Å². The first kappa shape index (κ1) is 15.9. The number of ether oxygens (including phenoxy) is 2. The summed E-state index contributed by atoms with van der Waals surface area (Å²) in [6.45, 7) is 0. The lowest BCUT2D eigenvalue weighted by Crippen LogP contribution is -1.99. The maximum absolute atomic E-state index is 11.0. The van der Waals surface area contributed by atoms with Crippen LogP contribution in [0.5, 0.6) is 11.5 Å². The molecule has 2 N–H and O–H groups in total. The molecule has 0 amide bonds. The van der Waals surface area contributed by atoms with E-state index in [1.165, 1.54) is 0 Å². The zero-order valence-corrected chi connectivity index (χ0v) is 13.6. The van der Waals surface area contributed by atoms with Crippen molar-refractivity contribution in [3.8, 4) is 22.8 Å². The Labute approximate surface area is 139 Å². The van der Waals surface area contributed by atoms with Crippen LogP contribution in [0, 0.1) is 0 Å². The van der Waals surface area contributed by atoms with E-state index in [2.05, 4.69) is 4.98 Å². The third kappa shape index (κ3) is 2.93. The first-order valence-electron chi connectivity index (χ1n) is 7.67. The van der Waals surface area contributed by atoms with Crippen molar-refractivity contribution in [2.45, 2.75) is 12.8 Å². The van der Waals surface area contributed by atoms with Gasteiger partial charge in [-0.2, -0.15) is 0 Å². The summed E-state index contributed by atoms with van der Waals surface area (Å²) >= 11 is 0. The summed E-state index contributed by atoms with van der Waals surface area (Å²) < 4.78 is 10.8. The minimum Gasteiger partial charge on any atom is -0.497 e. The normalized spacial score (nSPS) is 10.8. The molecular formula is C19H19NO4. The second-order valence-electron chi connectivity index (χ2n) is 5.48. The Balaban J connectivity index is 2.18. The second-order valence-corrected chi connectivity index (χ2v) is 5.48. The molecule has 0 bridgehead atoms. The van der Waals surface area contributed by atoms with Gasteiger partial charge < -0.3 is 19.6 Å². The van der Waals surface area contributed by atoms with E-state index in [0.29, 0.717) is 17.9 Å².